The number of carbonyl (C=O) groups excluding carboxylic acids is 2. The Morgan fingerprint density at radius 2 is 1.97 bits per heavy atom. The highest BCUT2D eigenvalue weighted by Gasteiger charge is 2.38. The number of hydrogen-bond donors (Lipinski definition) is 3. The maximum absolute atomic E-state index is 13.5. The molecule has 8 heteroatoms. The Labute approximate surface area is 185 Å². The third-order valence-electron chi connectivity index (χ3n) is 5.93. The molecule has 0 spiro atoms. The van der Waals surface area contributed by atoms with Gasteiger partial charge in [0.15, 0.2) is 0 Å². The van der Waals surface area contributed by atoms with Gasteiger partial charge in [-0.1, -0.05) is 12.1 Å². The smallest absolute Gasteiger partial charge is 0.256 e. The van der Waals surface area contributed by atoms with E-state index in [0.717, 1.165) is 29.7 Å². The summed E-state index contributed by atoms with van der Waals surface area (Å²) in [4.78, 5) is 26.7. The zero-order valence-electron chi connectivity index (χ0n) is 17.3. The van der Waals surface area contributed by atoms with Crippen LogP contribution < -0.4 is 16.5 Å². The summed E-state index contributed by atoms with van der Waals surface area (Å²) < 4.78 is 0. The van der Waals surface area contributed by atoms with E-state index in [1.54, 1.807) is 24.4 Å². The molecule has 3 aliphatic heterocycles. The predicted octanol–water partition coefficient (Wildman–Crippen LogP) is 1.65. The van der Waals surface area contributed by atoms with E-state index < -0.39 is 5.91 Å². The Morgan fingerprint density at radius 1 is 1.19 bits per heavy atom. The Kier molecular flexibility index (Phi) is 4.88. The zero-order valence-corrected chi connectivity index (χ0v) is 17.3. The van der Waals surface area contributed by atoms with Gasteiger partial charge in [-0.2, -0.15) is 5.26 Å². The molecule has 4 aliphatic rings. The second-order valence-electron chi connectivity index (χ2n) is 8.05. The van der Waals surface area contributed by atoms with Gasteiger partial charge in [0.2, 0.25) is 5.91 Å². The van der Waals surface area contributed by atoms with Gasteiger partial charge in [0, 0.05) is 41.7 Å². The van der Waals surface area contributed by atoms with E-state index in [1.165, 1.54) is 0 Å². The van der Waals surface area contributed by atoms with Gasteiger partial charge in [0.25, 0.3) is 5.91 Å². The number of primary amides is 1. The van der Waals surface area contributed by atoms with Gasteiger partial charge in [-0.05, 0) is 54.8 Å². The van der Waals surface area contributed by atoms with Gasteiger partial charge in [-0.3, -0.25) is 14.6 Å². The van der Waals surface area contributed by atoms with Crippen molar-refractivity contribution in [1.82, 2.24) is 20.7 Å². The number of nitrogens with two attached hydrogens (primary N) is 1. The van der Waals surface area contributed by atoms with E-state index in [9.17, 15) is 9.59 Å². The van der Waals surface area contributed by atoms with Crippen molar-refractivity contribution < 1.29 is 9.59 Å². The average Bonchev–Trinajstić information content (AvgIpc) is 3.57. The first kappa shape index (κ1) is 19.8. The summed E-state index contributed by atoms with van der Waals surface area (Å²) in [5, 5.41) is 14.1. The maximum atomic E-state index is 13.5. The number of benzene rings is 1. The van der Waals surface area contributed by atoms with Crippen molar-refractivity contribution in [3.8, 4) is 6.07 Å². The van der Waals surface area contributed by atoms with Crippen LogP contribution in [0, 0.1) is 11.3 Å². The number of nitriles is 1. The number of allylic oxidation sites excluding steroid dienone is 3. The minimum absolute atomic E-state index is 0.0535. The number of dihydropyridines is 1. The number of nitrogens with zero attached hydrogens (tertiary/aromatic N) is 3. The summed E-state index contributed by atoms with van der Waals surface area (Å²) in [6.45, 7) is 0.606. The zero-order chi connectivity index (χ0) is 22.2. The number of carbonyl (C=O) groups is 2. The Balaban J connectivity index is 1.43. The van der Waals surface area contributed by atoms with Crippen LogP contribution in [0.5, 0.6) is 0 Å². The summed E-state index contributed by atoms with van der Waals surface area (Å²) in [6.07, 6.45) is 12.5. The number of amides is 2. The standard InChI is InChI=1S/C24H22N6O2/c25-12-15-1-8-22(27-13-15)30(19-6-7-19)24(32)18-9-10-29-21(11-18)20(14-28-29)16-2-4-17(5-3-16)23(26)31/h1-5,8-11,13,19,22,27-28H,6-7,14H2,(H2,26,31). The summed E-state index contributed by atoms with van der Waals surface area (Å²) in [6, 6.07) is 9.44. The summed E-state index contributed by atoms with van der Waals surface area (Å²) in [5.41, 5.74) is 13.1. The number of fused-ring (bicyclic) bond motifs is 1. The molecule has 1 aliphatic carbocycles. The summed E-state index contributed by atoms with van der Waals surface area (Å²) in [5.74, 6) is -0.516. The fourth-order valence-electron chi connectivity index (χ4n) is 4.08. The molecule has 0 saturated heterocycles. The molecule has 8 nitrogen and oxygen atoms in total. The van der Waals surface area contributed by atoms with Crippen LogP contribution >= 0.6 is 0 Å². The van der Waals surface area contributed by atoms with E-state index in [4.69, 9.17) is 11.0 Å². The predicted molar refractivity (Wildman–Crippen MR) is 119 cm³/mol. The minimum Gasteiger partial charge on any atom is -0.367 e. The van der Waals surface area contributed by atoms with Crippen LogP contribution in [-0.4, -0.2) is 40.5 Å². The largest absolute Gasteiger partial charge is 0.367 e. The summed E-state index contributed by atoms with van der Waals surface area (Å²) >= 11 is 0. The van der Waals surface area contributed by atoms with Crippen LogP contribution in [0.3, 0.4) is 0 Å². The monoisotopic (exact) mass is 426 g/mol. The summed E-state index contributed by atoms with van der Waals surface area (Å²) in [7, 11) is 0. The first-order chi connectivity index (χ1) is 15.5. The molecule has 1 saturated carbocycles. The maximum Gasteiger partial charge on any atom is 0.256 e. The van der Waals surface area contributed by atoms with E-state index in [0.29, 0.717) is 23.3 Å². The van der Waals surface area contributed by atoms with Crippen molar-refractivity contribution in [3.63, 3.8) is 0 Å². The van der Waals surface area contributed by atoms with Gasteiger partial charge in [-0.25, -0.2) is 5.43 Å². The van der Waals surface area contributed by atoms with Crippen molar-refractivity contribution in [2.24, 2.45) is 5.73 Å². The highest BCUT2D eigenvalue weighted by Crippen LogP contribution is 2.34. The van der Waals surface area contributed by atoms with Crippen LogP contribution in [0.25, 0.3) is 5.57 Å². The topological polar surface area (TPSA) is 114 Å². The normalized spacial score (nSPS) is 21.3. The number of hydrazine groups is 1. The van der Waals surface area contributed by atoms with Crippen LogP contribution in [0.1, 0.15) is 28.8 Å². The first-order valence-electron chi connectivity index (χ1n) is 10.5. The SMILES string of the molecule is N#CC1=CNC(N(C(=O)C2=CC3=C(c4ccc(C(N)=O)cc4)CNN3C=C2)C2CC2)C=C1. The molecule has 0 bridgehead atoms. The highest BCUT2D eigenvalue weighted by atomic mass is 16.2. The Hall–Kier alpha value is -4.09. The molecule has 32 heavy (non-hydrogen) atoms. The fourth-order valence-corrected chi connectivity index (χ4v) is 4.08. The van der Waals surface area contributed by atoms with Crippen LogP contribution in [0.2, 0.25) is 0 Å². The highest BCUT2D eigenvalue weighted by molar-refractivity contribution is 5.98. The van der Waals surface area contributed by atoms with Crippen LogP contribution in [0.15, 0.2) is 77.8 Å². The van der Waals surface area contributed by atoms with Crippen LogP contribution in [0.4, 0.5) is 0 Å². The first-order valence-corrected chi connectivity index (χ1v) is 10.5. The quantitative estimate of drug-likeness (QED) is 0.660. The molecule has 1 aromatic carbocycles. The van der Waals surface area contributed by atoms with E-state index in [-0.39, 0.29) is 18.1 Å². The molecule has 2 amide bonds. The molecule has 4 N–H and O–H groups in total. The molecule has 0 radical (unpaired) electrons. The molecule has 1 atom stereocenters. The Morgan fingerprint density at radius 3 is 2.59 bits per heavy atom. The lowest BCUT2D eigenvalue weighted by Gasteiger charge is -2.32. The minimum atomic E-state index is -0.462. The van der Waals surface area contributed by atoms with E-state index >= 15 is 0 Å². The van der Waals surface area contributed by atoms with Gasteiger partial charge < -0.3 is 16.0 Å². The molecule has 160 valence electrons. The molecule has 1 fully saturated rings. The molecule has 3 heterocycles. The van der Waals surface area contributed by atoms with Crippen molar-refractivity contribution >= 4 is 17.4 Å². The number of rotatable bonds is 5. The van der Waals surface area contributed by atoms with Gasteiger partial charge in [-0.15, -0.1) is 0 Å². The fraction of sp³-hybridized carbons (Fsp3) is 0.208. The van der Waals surface area contributed by atoms with Gasteiger partial charge in [0.05, 0.1) is 11.3 Å². The number of nitrogens with one attached hydrogen (secondary N) is 2. The van der Waals surface area contributed by atoms with Crippen LogP contribution in [-0.2, 0) is 4.79 Å². The third kappa shape index (κ3) is 3.59. The van der Waals surface area contributed by atoms with Crippen molar-refractivity contribution in [3.05, 3.63) is 88.9 Å². The lowest BCUT2D eigenvalue weighted by Crippen LogP contribution is -2.48. The van der Waals surface area contributed by atoms with E-state index in [2.05, 4.69) is 16.8 Å². The lowest BCUT2D eigenvalue weighted by atomic mass is 10.00. The second kappa shape index (κ2) is 7.87. The number of hydrogen-bond acceptors (Lipinski definition) is 6. The van der Waals surface area contributed by atoms with E-state index in [1.807, 2.05) is 46.5 Å². The molecular weight excluding hydrogens is 404 g/mol. The lowest BCUT2D eigenvalue weighted by molar-refractivity contribution is -0.129. The third-order valence-corrected chi connectivity index (χ3v) is 5.93. The molecular formula is C24H22N6O2. The second-order valence-corrected chi connectivity index (χ2v) is 8.05. The van der Waals surface area contributed by atoms with Crippen molar-refractivity contribution in [2.75, 3.05) is 6.54 Å². The van der Waals surface area contributed by atoms with Crippen molar-refractivity contribution in [1.29, 1.82) is 5.26 Å². The van der Waals surface area contributed by atoms with Gasteiger partial charge >= 0.3 is 0 Å². The average molecular weight is 426 g/mol. The molecule has 0 aromatic heterocycles. The Bertz CT molecular complexity index is 1180. The van der Waals surface area contributed by atoms with Gasteiger partial charge in [0.1, 0.15) is 12.2 Å². The molecule has 5 rings (SSSR count). The van der Waals surface area contributed by atoms with Crippen molar-refractivity contribution in [2.45, 2.75) is 25.0 Å². The molecule has 1 unspecified atom stereocenters. The molecule has 1 aromatic rings.